The third kappa shape index (κ3) is 3.27. The molecule has 146 valence electrons. The van der Waals surface area contributed by atoms with E-state index in [0.29, 0.717) is 24.5 Å². The Morgan fingerprint density at radius 1 is 1.21 bits per heavy atom. The third-order valence-electron chi connectivity index (χ3n) is 5.27. The number of pyridine rings is 1. The van der Waals surface area contributed by atoms with Crippen molar-refractivity contribution in [2.75, 3.05) is 13.1 Å². The minimum atomic E-state index is -0.442. The van der Waals surface area contributed by atoms with Gasteiger partial charge in [0.1, 0.15) is 12.0 Å². The number of likely N-dealkylation sites (tertiary alicyclic amines) is 1. The lowest BCUT2D eigenvalue weighted by atomic mass is 10.1. The molecule has 0 spiro atoms. The molecule has 8 nitrogen and oxygen atoms in total. The molecule has 0 radical (unpaired) electrons. The number of carbonyl (C=O) groups is 1. The number of β-amino-alcohol motifs (C(OH)–C–C–N with tert-alkyl or cyclic N) is 1. The van der Waals surface area contributed by atoms with Gasteiger partial charge in [0, 0.05) is 42.1 Å². The van der Waals surface area contributed by atoms with Crippen molar-refractivity contribution in [3.63, 3.8) is 0 Å². The number of aliphatic hydroxyl groups excluding tert-OH is 1. The maximum absolute atomic E-state index is 12.8. The van der Waals surface area contributed by atoms with Gasteiger partial charge in [-0.05, 0) is 37.1 Å². The lowest BCUT2D eigenvalue weighted by Crippen LogP contribution is -2.42. The summed E-state index contributed by atoms with van der Waals surface area (Å²) in [6, 6.07) is 11.7. The molecule has 1 aliphatic rings. The number of aromatic amines is 1. The van der Waals surface area contributed by atoms with Crippen LogP contribution in [0.3, 0.4) is 0 Å². The first kappa shape index (κ1) is 17.6. The zero-order chi connectivity index (χ0) is 19.8. The molecule has 1 fully saturated rings. The minimum absolute atomic E-state index is 0.0850. The van der Waals surface area contributed by atoms with Gasteiger partial charge in [0.05, 0.1) is 11.7 Å². The number of piperidine rings is 1. The normalized spacial score (nSPS) is 17.0. The Labute approximate surface area is 166 Å². The number of rotatable bonds is 3. The number of carbonyl (C=O) groups excluding carboxylic acids is 1. The van der Waals surface area contributed by atoms with Gasteiger partial charge in [-0.3, -0.25) is 9.89 Å². The summed E-state index contributed by atoms with van der Waals surface area (Å²) in [6.07, 6.45) is 6.16. The highest BCUT2D eigenvalue weighted by Gasteiger charge is 2.23. The summed E-state index contributed by atoms with van der Waals surface area (Å²) in [5.41, 5.74) is 3.19. The maximum Gasteiger partial charge on any atom is 0.255 e. The Hall–Kier alpha value is -3.52. The lowest BCUT2D eigenvalue weighted by Gasteiger charge is -2.30. The zero-order valence-corrected chi connectivity index (χ0v) is 15.7. The Kier molecular flexibility index (Phi) is 4.33. The second-order valence-electron chi connectivity index (χ2n) is 7.25. The van der Waals surface area contributed by atoms with Crippen LogP contribution in [0.25, 0.3) is 28.1 Å². The fourth-order valence-corrected chi connectivity index (χ4v) is 3.82. The van der Waals surface area contributed by atoms with Crippen molar-refractivity contribution in [2.45, 2.75) is 18.9 Å². The summed E-state index contributed by atoms with van der Waals surface area (Å²) < 4.78 is 1.98. The summed E-state index contributed by atoms with van der Waals surface area (Å²) in [7, 11) is 0. The van der Waals surface area contributed by atoms with E-state index in [-0.39, 0.29) is 5.91 Å². The Balaban J connectivity index is 1.47. The van der Waals surface area contributed by atoms with Crippen molar-refractivity contribution in [1.82, 2.24) is 29.6 Å². The molecular weight excluding hydrogens is 368 g/mol. The smallest absolute Gasteiger partial charge is 0.255 e. The average Bonchev–Trinajstić information content (AvgIpc) is 3.43. The van der Waals surface area contributed by atoms with E-state index in [1.54, 1.807) is 11.1 Å². The predicted molar refractivity (Wildman–Crippen MR) is 108 cm³/mol. The van der Waals surface area contributed by atoms with Crippen molar-refractivity contribution in [3.05, 3.63) is 60.7 Å². The number of H-pyrrole nitrogens is 1. The van der Waals surface area contributed by atoms with Gasteiger partial charge in [-0.1, -0.05) is 12.1 Å². The average molecular weight is 388 g/mol. The molecule has 8 heteroatoms. The second-order valence-corrected chi connectivity index (χ2v) is 7.25. The van der Waals surface area contributed by atoms with Gasteiger partial charge in [-0.25, -0.2) is 9.97 Å². The van der Waals surface area contributed by atoms with Gasteiger partial charge < -0.3 is 14.6 Å². The fraction of sp³-hybridized carbons (Fsp3) is 0.238. The topological polar surface area (TPSA) is 99.9 Å². The van der Waals surface area contributed by atoms with Gasteiger partial charge in [0.25, 0.3) is 5.91 Å². The first-order chi connectivity index (χ1) is 14.2. The van der Waals surface area contributed by atoms with E-state index in [1.807, 2.05) is 47.2 Å². The molecule has 1 atom stereocenters. The Morgan fingerprint density at radius 2 is 2.14 bits per heavy atom. The van der Waals surface area contributed by atoms with E-state index >= 15 is 0 Å². The number of aliphatic hydroxyl groups is 1. The van der Waals surface area contributed by atoms with E-state index < -0.39 is 6.10 Å². The number of benzene rings is 1. The number of hydrogen-bond donors (Lipinski definition) is 2. The third-order valence-corrected chi connectivity index (χ3v) is 5.27. The lowest BCUT2D eigenvalue weighted by molar-refractivity contribution is 0.0473. The Bertz CT molecular complexity index is 1170. The summed E-state index contributed by atoms with van der Waals surface area (Å²) >= 11 is 0. The summed E-state index contributed by atoms with van der Waals surface area (Å²) in [6.45, 7) is 1.05. The molecular formula is C21H20N6O2. The SMILES string of the molecule is O=C(c1cnc2c(ccn2-c2cccc(-c3ncn[nH]3)c2)c1)N1CCC[C@H](O)C1. The number of hydrogen-bond acceptors (Lipinski definition) is 5. The second kappa shape index (κ2) is 7.14. The van der Waals surface area contributed by atoms with Crippen molar-refractivity contribution in [3.8, 4) is 17.1 Å². The van der Waals surface area contributed by atoms with Gasteiger partial charge in [-0.2, -0.15) is 5.10 Å². The molecule has 1 aliphatic heterocycles. The molecule has 0 unspecified atom stereocenters. The maximum atomic E-state index is 12.8. The molecule has 0 bridgehead atoms. The van der Waals surface area contributed by atoms with E-state index in [1.165, 1.54) is 6.33 Å². The molecule has 0 saturated carbocycles. The van der Waals surface area contributed by atoms with Gasteiger partial charge >= 0.3 is 0 Å². The molecule has 1 aromatic carbocycles. The van der Waals surface area contributed by atoms with Crippen LogP contribution in [0, 0.1) is 0 Å². The van der Waals surface area contributed by atoms with Crippen LogP contribution in [0.4, 0.5) is 0 Å². The Morgan fingerprint density at radius 3 is 2.97 bits per heavy atom. The first-order valence-corrected chi connectivity index (χ1v) is 9.60. The number of aromatic nitrogens is 5. The minimum Gasteiger partial charge on any atom is -0.391 e. The zero-order valence-electron chi connectivity index (χ0n) is 15.7. The molecule has 3 aromatic heterocycles. The molecule has 4 aromatic rings. The van der Waals surface area contributed by atoms with Crippen LogP contribution >= 0.6 is 0 Å². The monoisotopic (exact) mass is 388 g/mol. The fourth-order valence-electron chi connectivity index (χ4n) is 3.82. The summed E-state index contributed by atoms with van der Waals surface area (Å²) in [5.74, 6) is 0.617. The molecule has 2 N–H and O–H groups in total. The van der Waals surface area contributed by atoms with E-state index in [2.05, 4.69) is 20.2 Å². The van der Waals surface area contributed by atoms with Crippen LogP contribution in [0.2, 0.25) is 0 Å². The van der Waals surface area contributed by atoms with Crippen LogP contribution in [0.1, 0.15) is 23.2 Å². The molecule has 1 amide bonds. The molecule has 0 aliphatic carbocycles. The standard InChI is InChI=1S/C21H20N6O2/c28-18-5-2-7-26(12-18)21(29)16-9-15-6-8-27(20(15)22-11-16)17-4-1-3-14(10-17)19-23-13-24-25-19/h1,3-4,6,8-11,13,18,28H,2,5,7,12H2,(H,23,24,25)/t18-/m0/s1. The largest absolute Gasteiger partial charge is 0.391 e. The quantitative estimate of drug-likeness (QED) is 0.561. The van der Waals surface area contributed by atoms with Crippen LogP contribution in [0.5, 0.6) is 0 Å². The van der Waals surface area contributed by atoms with Crippen LogP contribution in [0.15, 0.2) is 55.1 Å². The van der Waals surface area contributed by atoms with Crippen LogP contribution in [-0.4, -0.2) is 59.8 Å². The molecule has 5 rings (SSSR count). The van der Waals surface area contributed by atoms with E-state index in [9.17, 15) is 9.90 Å². The van der Waals surface area contributed by atoms with E-state index in [4.69, 9.17) is 0 Å². The van der Waals surface area contributed by atoms with Crippen LogP contribution < -0.4 is 0 Å². The van der Waals surface area contributed by atoms with Crippen molar-refractivity contribution < 1.29 is 9.90 Å². The van der Waals surface area contributed by atoms with Gasteiger partial charge in [0.15, 0.2) is 5.82 Å². The number of amides is 1. The summed E-state index contributed by atoms with van der Waals surface area (Å²) in [4.78, 5) is 23.3. The summed E-state index contributed by atoms with van der Waals surface area (Å²) in [5, 5.41) is 17.5. The highest BCUT2D eigenvalue weighted by molar-refractivity contribution is 5.97. The highest BCUT2D eigenvalue weighted by atomic mass is 16.3. The first-order valence-electron chi connectivity index (χ1n) is 9.60. The number of nitrogens with one attached hydrogen (secondary N) is 1. The van der Waals surface area contributed by atoms with Gasteiger partial charge in [-0.15, -0.1) is 0 Å². The number of fused-ring (bicyclic) bond motifs is 1. The molecule has 29 heavy (non-hydrogen) atoms. The van der Waals surface area contributed by atoms with Crippen molar-refractivity contribution >= 4 is 16.9 Å². The van der Waals surface area contributed by atoms with Crippen LogP contribution in [-0.2, 0) is 0 Å². The van der Waals surface area contributed by atoms with Crippen molar-refractivity contribution in [2.24, 2.45) is 0 Å². The molecule has 4 heterocycles. The van der Waals surface area contributed by atoms with E-state index in [0.717, 1.165) is 35.1 Å². The van der Waals surface area contributed by atoms with Crippen molar-refractivity contribution in [1.29, 1.82) is 0 Å². The van der Waals surface area contributed by atoms with Gasteiger partial charge in [0.2, 0.25) is 0 Å². The predicted octanol–water partition coefficient (Wildman–Crippen LogP) is 2.41. The molecule has 1 saturated heterocycles. The number of nitrogens with zero attached hydrogens (tertiary/aromatic N) is 5. The highest BCUT2D eigenvalue weighted by Crippen LogP contribution is 2.24.